The van der Waals surface area contributed by atoms with Crippen LogP contribution in [0.2, 0.25) is 0 Å². The van der Waals surface area contributed by atoms with E-state index in [1.54, 1.807) is 0 Å². The van der Waals surface area contributed by atoms with Crippen molar-refractivity contribution in [1.29, 1.82) is 0 Å². The van der Waals surface area contributed by atoms with E-state index in [1.807, 2.05) is 0 Å². The zero-order valence-corrected chi connectivity index (χ0v) is 12.1. The number of rotatable bonds is 9. The van der Waals surface area contributed by atoms with Crippen LogP contribution in [0.25, 0.3) is 0 Å². The second-order valence-electron chi connectivity index (χ2n) is 3.85. The minimum Gasteiger partial charge on any atom is -0.481 e. The van der Waals surface area contributed by atoms with Crippen LogP contribution >= 0.6 is 7.60 Å². The van der Waals surface area contributed by atoms with E-state index in [1.165, 1.54) is 6.92 Å². The van der Waals surface area contributed by atoms with Crippen LogP contribution in [0.1, 0.15) is 6.92 Å². The topological polar surface area (TPSA) is 93.1 Å². The van der Waals surface area contributed by atoms with Gasteiger partial charge >= 0.3 is 13.6 Å². The lowest BCUT2D eigenvalue weighted by atomic mass is 10.1. The van der Waals surface area contributed by atoms with E-state index in [-0.39, 0.29) is 19.3 Å². The first kappa shape index (κ1) is 18.0. The third kappa shape index (κ3) is 6.13. The quantitative estimate of drug-likeness (QED) is 0.638. The Morgan fingerprint density at radius 3 is 2.21 bits per heavy atom. The average molecular weight is 299 g/mol. The Balaban J connectivity index is 4.87. The van der Waals surface area contributed by atoms with E-state index in [9.17, 15) is 18.5 Å². The summed E-state index contributed by atoms with van der Waals surface area (Å²) in [6.07, 6.45) is -0.384. The van der Waals surface area contributed by atoms with Gasteiger partial charge in [-0.1, -0.05) is 0 Å². The van der Waals surface area contributed by atoms with Gasteiger partial charge in [0, 0.05) is 34.2 Å². The molecule has 1 atom stereocenters. The molecule has 1 N–H and O–H groups in total. The van der Waals surface area contributed by atoms with Crippen LogP contribution in [-0.4, -0.2) is 62.0 Å². The van der Waals surface area contributed by atoms with Crippen LogP contribution in [0.15, 0.2) is 0 Å². The molecule has 0 fully saturated rings. The predicted molar refractivity (Wildman–Crippen MR) is 65.8 cm³/mol. The first-order valence-electron chi connectivity index (χ1n) is 5.54. The van der Waals surface area contributed by atoms with Crippen LogP contribution in [0, 0.1) is 5.92 Å². The van der Waals surface area contributed by atoms with Gasteiger partial charge in [-0.05, 0) is 0 Å². The maximum Gasteiger partial charge on any atom is 0.331 e. The van der Waals surface area contributed by atoms with E-state index in [2.05, 4.69) is 9.05 Å². The largest absolute Gasteiger partial charge is 0.481 e. The van der Waals surface area contributed by atoms with Crippen molar-refractivity contribution in [3.05, 3.63) is 0 Å². The maximum absolute atomic E-state index is 12.3. The summed E-state index contributed by atoms with van der Waals surface area (Å²) in [7, 11) is -1.22. The zero-order valence-electron chi connectivity index (χ0n) is 11.2. The van der Waals surface area contributed by atoms with Gasteiger partial charge < -0.3 is 19.1 Å². The van der Waals surface area contributed by atoms with Crippen LogP contribution in [0.4, 0.5) is 4.39 Å². The lowest BCUT2D eigenvalue weighted by molar-refractivity contribution is -0.142. The van der Waals surface area contributed by atoms with E-state index < -0.39 is 32.1 Å². The number of carbonyl (C=O) groups is 2. The molecule has 19 heavy (non-hydrogen) atoms. The Hall–Kier alpha value is -0.980. The molecule has 0 aliphatic carbocycles. The van der Waals surface area contributed by atoms with Gasteiger partial charge in [0.05, 0.1) is 12.1 Å². The Bertz CT molecular complexity index is 356. The lowest BCUT2D eigenvalue weighted by Crippen LogP contribution is -2.39. The van der Waals surface area contributed by atoms with Crippen molar-refractivity contribution in [3.63, 3.8) is 0 Å². The minimum absolute atomic E-state index is 0.205. The molecule has 9 heteroatoms. The van der Waals surface area contributed by atoms with E-state index in [0.717, 1.165) is 19.1 Å². The van der Waals surface area contributed by atoms with E-state index in [4.69, 9.17) is 5.11 Å². The Kier molecular flexibility index (Phi) is 7.82. The molecule has 0 aromatic heterocycles. The van der Waals surface area contributed by atoms with E-state index >= 15 is 0 Å². The SMILES string of the molecule is COP(=O)(CC(CN(CCF)C(C)=O)C(=O)O)OC. The van der Waals surface area contributed by atoms with Gasteiger partial charge in [0.2, 0.25) is 5.91 Å². The number of carboxylic acid groups (broad SMARTS) is 1. The summed E-state index contributed by atoms with van der Waals surface area (Å²) in [5.74, 6) is -2.85. The highest BCUT2D eigenvalue weighted by atomic mass is 31.2. The fourth-order valence-electron chi connectivity index (χ4n) is 1.45. The molecule has 1 unspecified atom stereocenters. The molecule has 0 rings (SSSR count). The minimum atomic E-state index is -3.51. The third-order valence-electron chi connectivity index (χ3n) is 2.59. The summed E-state index contributed by atoms with van der Waals surface area (Å²) in [5, 5.41) is 9.06. The molecule has 7 nitrogen and oxygen atoms in total. The molecular weight excluding hydrogens is 280 g/mol. The summed E-state index contributed by atoms with van der Waals surface area (Å²) in [5.41, 5.74) is 0. The summed E-state index contributed by atoms with van der Waals surface area (Å²) in [6.45, 7) is -0.0202. The number of carbonyl (C=O) groups excluding carboxylic acids is 1. The number of nitrogens with zero attached hydrogens (tertiary/aromatic N) is 1. The fourth-order valence-corrected chi connectivity index (χ4v) is 2.71. The highest BCUT2D eigenvalue weighted by molar-refractivity contribution is 7.53. The third-order valence-corrected chi connectivity index (χ3v) is 4.59. The van der Waals surface area contributed by atoms with Crippen LogP contribution in [-0.2, 0) is 23.2 Å². The number of carboxylic acids is 1. The van der Waals surface area contributed by atoms with Crippen LogP contribution < -0.4 is 0 Å². The Morgan fingerprint density at radius 2 is 1.89 bits per heavy atom. The average Bonchev–Trinajstić information content (AvgIpc) is 2.36. The predicted octanol–water partition coefficient (Wildman–Crippen LogP) is 0.991. The number of hydrogen-bond acceptors (Lipinski definition) is 5. The molecule has 0 heterocycles. The fraction of sp³-hybridized carbons (Fsp3) is 0.800. The Labute approximate surface area is 111 Å². The summed E-state index contributed by atoms with van der Waals surface area (Å²) < 4.78 is 33.5. The van der Waals surface area contributed by atoms with Crippen molar-refractivity contribution in [2.75, 3.05) is 40.1 Å². The standard InChI is InChI=1S/C10H19FNO6P/c1-8(13)12(5-4-11)6-9(10(14)15)7-19(16,17-2)18-3/h9H,4-7H2,1-3H3,(H,14,15). The highest BCUT2D eigenvalue weighted by Crippen LogP contribution is 2.48. The van der Waals surface area contributed by atoms with Gasteiger partial charge in [0.1, 0.15) is 6.67 Å². The summed E-state index contributed by atoms with van der Waals surface area (Å²) in [4.78, 5) is 23.4. The molecular formula is C10H19FNO6P. The molecule has 0 bridgehead atoms. The zero-order chi connectivity index (χ0) is 15.1. The summed E-state index contributed by atoms with van der Waals surface area (Å²) >= 11 is 0. The molecule has 0 spiro atoms. The molecule has 0 radical (unpaired) electrons. The molecule has 0 aliphatic heterocycles. The van der Waals surface area contributed by atoms with E-state index in [0.29, 0.717) is 0 Å². The van der Waals surface area contributed by atoms with Gasteiger partial charge in [-0.15, -0.1) is 0 Å². The van der Waals surface area contributed by atoms with Crippen molar-refractivity contribution in [2.24, 2.45) is 5.92 Å². The van der Waals surface area contributed by atoms with Gasteiger partial charge in [0.25, 0.3) is 0 Å². The number of hydrogen-bond donors (Lipinski definition) is 1. The van der Waals surface area contributed by atoms with Crippen molar-refractivity contribution in [3.8, 4) is 0 Å². The Morgan fingerprint density at radius 1 is 1.37 bits per heavy atom. The first-order chi connectivity index (χ1) is 8.79. The first-order valence-corrected chi connectivity index (χ1v) is 7.27. The second-order valence-corrected chi connectivity index (χ2v) is 6.17. The van der Waals surface area contributed by atoms with Crippen molar-refractivity contribution in [1.82, 2.24) is 4.90 Å². The number of alkyl halides is 1. The summed E-state index contributed by atoms with van der Waals surface area (Å²) in [6, 6.07) is 0. The highest BCUT2D eigenvalue weighted by Gasteiger charge is 2.32. The monoisotopic (exact) mass is 299 g/mol. The van der Waals surface area contributed by atoms with Gasteiger partial charge in [0.15, 0.2) is 0 Å². The molecule has 0 saturated carbocycles. The number of aliphatic carboxylic acids is 1. The molecule has 0 aliphatic rings. The molecule has 112 valence electrons. The van der Waals surface area contributed by atoms with Crippen molar-refractivity contribution >= 4 is 19.5 Å². The lowest BCUT2D eigenvalue weighted by Gasteiger charge is -2.25. The molecule has 0 aromatic carbocycles. The van der Waals surface area contributed by atoms with Crippen molar-refractivity contribution < 1.29 is 32.7 Å². The number of halogens is 1. The second kappa shape index (κ2) is 8.24. The maximum atomic E-state index is 12.3. The van der Waals surface area contributed by atoms with Crippen LogP contribution in [0.3, 0.4) is 0 Å². The number of amides is 1. The van der Waals surface area contributed by atoms with Crippen LogP contribution in [0.5, 0.6) is 0 Å². The smallest absolute Gasteiger partial charge is 0.331 e. The molecule has 0 saturated heterocycles. The van der Waals surface area contributed by atoms with Gasteiger partial charge in [-0.2, -0.15) is 0 Å². The molecule has 0 aromatic rings. The van der Waals surface area contributed by atoms with Gasteiger partial charge in [-0.25, -0.2) is 4.39 Å². The van der Waals surface area contributed by atoms with Crippen molar-refractivity contribution in [2.45, 2.75) is 6.92 Å². The van der Waals surface area contributed by atoms with Gasteiger partial charge in [-0.3, -0.25) is 14.2 Å². The molecule has 1 amide bonds. The normalized spacial score (nSPS) is 13.1.